The Morgan fingerprint density at radius 3 is 1.84 bits per heavy atom. The molecule has 0 bridgehead atoms. The van der Waals surface area contributed by atoms with Gasteiger partial charge in [0, 0.05) is 11.7 Å². The van der Waals surface area contributed by atoms with Gasteiger partial charge in [0.15, 0.2) is 0 Å². The van der Waals surface area contributed by atoms with Crippen LogP contribution in [-0.4, -0.2) is 17.2 Å². The summed E-state index contributed by atoms with van der Waals surface area (Å²) in [4.78, 5) is 7.74. The van der Waals surface area contributed by atoms with Crippen LogP contribution in [-0.2, 0) is 20.1 Å². The van der Waals surface area contributed by atoms with Crippen molar-refractivity contribution in [2.75, 3.05) is 0 Å². The predicted molar refractivity (Wildman–Crippen MR) is 102 cm³/mol. The smallest absolute Gasteiger partial charge is 0.501 e. The van der Waals surface area contributed by atoms with Gasteiger partial charge in [-0.15, -0.1) is 35.9 Å². The molecule has 0 saturated heterocycles. The quantitative estimate of drug-likeness (QED) is 0.320. The Labute approximate surface area is 165 Å². The van der Waals surface area contributed by atoms with E-state index in [1.807, 2.05) is 93.6 Å². The Morgan fingerprint density at radius 2 is 1.48 bits per heavy atom. The zero-order valence-electron chi connectivity index (χ0n) is 14.8. The van der Waals surface area contributed by atoms with E-state index in [0.29, 0.717) is 0 Å². The second-order valence-electron chi connectivity index (χ2n) is 5.87. The monoisotopic (exact) mass is 508 g/mol. The number of hydrogen-bond donors (Lipinski definition) is 0. The first kappa shape index (κ1) is 22.9. The summed E-state index contributed by atoms with van der Waals surface area (Å²) >= 11 is 0. The van der Waals surface area contributed by atoms with Gasteiger partial charge in [-0.25, -0.2) is 0 Å². The van der Waals surface area contributed by atoms with Crippen LogP contribution in [0, 0.1) is 12.1 Å². The van der Waals surface area contributed by atoms with E-state index in [2.05, 4.69) is 22.1 Å². The van der Waals surface area contributed by atoms with Gasteiger partial charge < -0.3 is 16.7 Å². The zero-order chi connectivity index (χ0) is 17.7. The van der Waals surface area contributed by atoms with Crippen LogP contribution in [0.1, 0.15) is 20.8 Å². The molecule has 0 N–H and O–H groups in total. The van der Waals surface area contributed by atoms with Gasteiger partial charge >= 0.3 is 20.1 Å². The molecule has 1 aromatic heterocycles. The molecule has 0 spiro atoms. The maximum atomic E-state index is 4.93. The Balaban J connectivity index is 0.000000379. The first-order valence-electron chi connectivity index (χ1n) is 7.74. The maximum Gasteiger partial charge on any atom is 3.00 e. The molecule has 1 heterocycles. The Bertz CT molecular complexity index is 598. The zero-order valence-corrected chi connectivity index (χ0v) is 17.2. The van der Waals surface area contributed by atoms with Gasteiger partial charge in [-0.2, -0.15) is 36.4 Å². The fourth-order valence-corrected chi connectivity index (χ4v) is 1.42. The fraction of sp³-hybridized carbons (Fsp3) is 0.182. The van der Waals surface area contributed by atoms with Crippen LogP contribution in [0.2, 0.25) is 0 Å². The number of hydrogen-bond acceptors (Lipinski definition) is 2. The van der Waals surface area contributed by atoms with Crippen LogP contribution in [0.3, 0.4) is 0 Å². The minimum absolute atomic E-state index is 0. The second-order valence-corrected chi connectivity index (χ2v) is 5.87. The summed E-state index contributed by atoms with van der Waals surface area (Å²) in [6.45, 7) is 10.8. The molecule has 3 aromatic rings. The van der Waals surface area contributed by atoms with Crippen LogP contribution in [0.5, 0.6) is 0 Å². The predicted octanol–water partition coefficient (Wildman–Crippen LogP) is 5.40. The number of aromatic nitrogens is 1. The first-order valence-corrected chi connectivity index (χ1v) is 7.74. The summed E-state index contributed by atoms with van der Waals surface area (Å²) in [5.41, 5.74) is 1.95. The molecular formula is C22H23IrN2. The molecular weight excluding hydrogens is 484 g/mol. The van der Waals surface area contributed by atoms with Gasteiger partial charge in [0.05, 0.1) is 0 Å². The standard InChI is InChI=1S/C11H8N.C6H5.C5H10N.Ir/c1-2-6-10(7-3-1)11-8-4-5-9-12-11;1-2-4-6-5-3-1;1-5(2,3)6-4;/h1-6,8-9H;1-5H;4H,1-3H3;/q3*-1;+3. The number of aliphatic imine (C=N–C) groups is 1. The van der Waals surface area contributed by atoms with Crippen molar-refractivity contribution >= 4 is 6.72 Å². The minimum atomic E-state index is -0.0556. The number of nitrogens with zero attached hydrogens (tertiary/aromatic N) is 2. The Morgan fingerprint density at radius 1 is 0.880 bits per heavy atom. The number of pyridine rings is 1. The van der Waals surface area contributed by atoms with Crippen molar-refractivity contribution in [1.29, 1.82) is 0 Å². The molecule has 0 aliphatic heterocycles. The Kier molecular flexibility index (Phi) is 12.1. The summed E-state index contributed by atoms with van der Waals surface area (Å²) in [6, 6.07) is 29.3. The van der Waals surface area contributed by atoms with Gasteiger partial charge in [-0.3, -0.25) is 0 Å². The molecule has 25 heavy (non-hydrogen) atoms. The van der Waals surface area contributed by atoms with Crippen molar-refractivity contribution in [3.63, 3.8) is 0 Å². The maximum absolute atomic E-state index is 4.93. The summed E-state index contributed by atoms with van der Waals surface area (Å²) < 4.78 is 0. The van der Waals surface area contributed by atoms with Gasteiger partial charge in [-0.05, 0) is 32.5 Å². The first-order chi connectivity index (χ1) is 11.5. The van der Waals surface area contributed by atoms with Crippen LogP contribution >= 0.6 is 0 Å². The van der Waals surface area contributed by atoms with E-state index in [9.17, 15) is 0 Å². The van der Waals surface area contributed by atoms with E-state index >= 15 is 0 Å². The van der Waals surface area contributed by atoms with E-state index < -0.39 is 0 Å². The van der Waals surface area contributed by atoms with Crippen molar-refractivity contribution in [2.24, 2.45) is 4.99 Å². The van der Waals surface area contributed by atoms with Crippen molar-refractivity contribution < 1.29 is 20.1 Å². The third kappa shape index (κ3) is 12.0. The average Bonchev–Trinajstić information content (AvgIpc) is 2.65. The Hall–Kier alpha value is -2.09. The van der Waals surface area contributed by atoms with E-state index in [-0.39, 0.29) is 25.6 Å². The molecule has 3 rings (SSSR count). The molecule has 0 amide bonds. The average molecular weight is 508 g/mol. The van der Waals surface area contributed by atoms with Gasteiger partial charge in [0.25, 0.3) is 0 Å². The van der Waals surface area contributed by atoms with Gasteiger partial charge in [0.2, 0.25) is 0 Å². The summed E-state index contributed by atoms with van der Waals surface area (Å²) in [5, 5.41) is 0. The molecule has 2 aromatic carbocycles. The van der Waals surface area contributed by atoms with Gasteiger partial charge in [0.1, 0.15) is 0 Å². The SMILES string of the molecule is [CH-]=NC(C)(C)C.[Ir+3].[c-]1ccccc1.[c-]1ccccc1-c1ccccn1. The van der Waals surface area contributed by atoms with E-state index in [4.69, 9.17) is 6.72 Å². The molecule has 0 radical (unpaired) electrons. The van der Waals surface area contributed by atoms with E-state index in [1.54, 1.807) is 6.20 Å². The molecule has 3 heteroatoms. The molecule has 2 nitrogen and oxygen atoms in total. The molecule has 0 aliphatic rings. The second kappa shape index (κ2) is 13.2. The number of rotatable bonds is 1. The van der Waals surface area contributed by atoms with Crippen molar-refractivity contribution in [3.05, 3.63) is 91.1 Å². The molecule has 130 valence electrons. The molecule has 0 aliphatic carbocycles. The molecule has 0 unspecified atom stereocenters. The van der Waals surface area contributed by atoms with Crippen LogP contribution in [0.25, 0.3) is 11.3 Å². The topological polar surface area (TPSA) is 25.2 Å². The summed E-state index contributed by atoms with van der Waals surface area (Å²) in [7, 11) is 0. The summed E-state index contributed by atoms with van der Waals surface area (Å²) in [5.74, 6) is 0. The van der Waals surface area contributed by atoms with E-state index in [1.165, 1.54) is 0 Å². The third-order valence-electron chi connectivity index (χ3n) is 2.64. The molecule has 0 fully saturated rings. The third-order valence-corrected chi connectivity index (χ3v) is 2.64. The molecule has 0 atom stereocenters. The minimum Gasteiger partial charge on any atom is -0.501 e. The van der Waals surface area contributed by atoms with Crippen molar-refractivity contribution in [1.82, 2.24) is 4.98 Å². The van der Waals surface area contributed by atoms with Crippen molar-refractivity contribution in [3.8, 4) is 11.3 Å². The summed E-state index contributed by atoms with van der Waals surface area (Å²) in [6.07, 6.45) is 1.79. The van der Waals surface area contributed by atoms with Crippen LogP contribution in [0.4, 0.5) is 0 Å². The van der Waals surface area contributed by atoms with Crippen LogP contribution in [0.15, 0.2) is 84.0 Å². The fourth-order valence-electron chi connectivity index (χ4n) is 1.42. The normalized spacial score (nSPS) is 9.24. The molecule has 0 saturated carbocycles. The largest absolute Gasteiger partial charge is 3.00 e. The number of benzene rings is 2. The van der Waals surface area contributed by atoms with Crippen LogP contribution < -0.4 is 0 Å². The van der Waals surface area contributed by atoms with Crippen molar-refractivity contribution in [2.45, 2.75) is 26.3 Å². The van der Waals surface area contributed by atoms with Gasteiger partial charge in [-0.1, -0.05) is 12.1 Å². The van der Waals surface area contributed by atoms with E-state index in [0.717, 1.165) is 11.3 Å².